The fourth-order valence-electron chi connectivity index (χ4n) is 6.81. The minimum atomic E-state index is -1.46. The summed E-state index contributed by atoms with van der Waals surface area (Å²) < 4.78 is 17.5. The molecule has 2 spiro atoms. The Morgan fingerprint density at radius 1 is 1.13 bits per heavy atom. The van der Waals surface area contributed by atoms with Crippen LogP contribution in [-0.4, -0.2) is 59.6 Å². The highest BCUT2D eigenvalue weighted by molar-refractivity contribution is 6.14. The zero-order valence-electron chi connectivity index (χ0n) is 18.1. The summed E-state index contributed by atoms with van der Waals surface area (Å²) in [5.41, 5.74) is -0.0942. The van der Waals surface area contributed by atoms with E-state index in [4.69, 9.17) is 14.2 Å². The molecule has 7 nitrogen and oxygen atoms in total. The number of methoxy groups -OCH3 is 1. The molecule has 0 aromatic carbocycles. The van der Waals surface area contributed by atoms with E-state index < -0.39 is 17.1 Å². The Bertz CT molecular complexity index is 919. The summed E-state index contributed by atoms with van der Waals surface area (Å²) in [6.45, 7) is 6.20. The van der Waals surface area contributed by atoms with Gasteiger partial charge >= 0.3 is 11.9 Å². The van der Waals surface area contributed by atoms with Crippen molar-refractivity contribution in [3.05, 3.63) is 22.5 Å². The average Bonchev–Trinajstić information content (AvgIpc) is 3.33. The van der Waals surface area contributed by atoms with Crippen LogP contribution in [0, 0.1) is 5.92 Å². The van der Waals surface area contributed by atoms with E-state index in [-0.39, 0.29) is 29.8 Å². The quantitative estimate of drug-likeness (QED) is 0.641. The van der Waals surface area contributed by atoms with Crippen LogP contribution in [0.3, 0.4) is 0 Å². The highest BCUT2D eigenvalue weighted by Gasteiger charge is 2.76. The van der Waals surface area contributed by atoms with Gasteiger partial charge in [0.2, 0.25) is 5.78 Å². The number of nitrogens with zero attached hydrogens (tertiary/aromatic N) is 1. The van der Waals surface area contributed by atoms with Crippen LogP contribution in [0.5, 0.6) is 0 Å². The molecule has 5 atom stereocenters. The Morgan fingerprint density at radius 3 is 2.57 bits per heavy atom. The molecule has 0 N–H and O–H groups in total. The first kappa shape index (κ1) is 19.8. The molecule has 1 aliphatic carbocycles. The van der Waals surface area contributed by atoms with Crippen LogP contribution in [-0.2, 0) is 28.6 Å². The SMILES string of the molecule is COC1=C(C)C(=O)O[C@]12C(=O)C(C)=C1CCCCN3[C@H]([C@H]4C[C@@H](C)C(=O)O4)CCC132. The van der Waals surface area contributed by atoms with Crippen LogP contribution in [0.1, 0.15) is 59.3 Å². The number of Topliss-reactive ketones (excluding diaryl/α,β-unsaturated/α-hetero) is 1. The maximum Gasteiger partial charge on any atom is 0.338 e. The Labute approximate surface area is 176 Å². The van der Waals surface area contributed by atoms with Crippen LogP contribution in [0.4, 0.5) is 0 Å². The summed E-state index contributed by atoms with van der Waals surface area (Å²) in [5, 5.41) is 0. The van der Waals surface area contributed by atoms with Crippen molar-refractivity contribution in [3.8, 4) is 0 Å². The minimum Gasteiger partial charge on any atom is -0.496 e. The van der Waals surface area contributed by atoms with Gasteiger partial charge in [0.15, 0.2) is 5.76 Å². The third-order valence-electron chi connectivity index (χ3n) is 8.06. The minimum absolute atomic E-state index is 0.000268. The van der Waals surface area contributed by atoms with Gasteiger partial charge in [-0.15, -0.1) is 0 Å². The molecule has 0 bridgehead atoms. The maximum absolute atomic E-state index is 13.8. The van der Waals surface area contributed by atoms with Crippen molar-refractivity contribution in [3.63, 3.8) is 0 Å². The fraction of sp³-hybridized carbons (Fsp3) is 0.696. The first-order valence-electron chi connectivity index (χ1n) is 11.0. The molecule has 0 amide bonds. The number of cyclic esters (lactones) is 1. The molecule has 4 heterocycles. The van der Waals surface area contributed by atoms with Gasteiger partial charge in [0.25, 0.3) is 5.60 Å². The zero-order valence-corrected chi connectivity index (χ0v) is 18.1. The van der Waals surface area contributed by atoms with Gasteiger partial charge in [-0.1, -0.05) is 6.92 Å². The van der Waals surface area contributed by atoms with E-state index >= 15 is 0 Å². The van der Waals surface area contributed by atoms with Gasteiger partial charge in [-0.05, 0) is 70.1 Å². The molecule has 7 heteroatoms. The van der Waals surface area contributed by atoms with Crippen LogP contribution in [0.25, 0.3) is 0 Å². The summed E-state index contributed by atoms with van der Waals surface area (Å²) in [4.78, 5) is 41.0. The van der Waals surface area contributed by atoms with E-state index in [1.54, 1.807) is 6.92 Å². The fourth-order valence-corrected chi connectivity index (χ4v) is 6.81. The number of hydrogen-bond donors (Lipinski definition) is 0. The van der Waals surface area contributed by atoms with E-state index in [9.17, 15) is 14.4 Å². The predicted molar refractivity (Wildman–Crippen MR) is 106 cm³/mol. The second kappa shape index (κ2) is 6.42. The number of esters is 2. The molecule has 0 saturated carbocycles. The molecule has 0 aromatic heterocycles. The van der Waals surface area contributed by atoms with E-state index in [1.165, 1.54) is 7.11 Å². The molecule has 162 valence electrons. The van der Waals surface area contributed by atoms with Gasteiger partial charge in [-0.25, -0.2) is 4.79 Å². The van der Waals surface area contributed by atoms with Crippen molar-refractivity contribution in [2.75, 3.05) is 13.7 Å². The molecule has 0 aromatic rings. The normalized spacial score (nSPS) is 41.3. The number of ketones is 1. The number of ether oxygens (including phenoxy) is 3. The van der Waals surface area contributed by atoms with Crippen molar-refractivity contribution in [2.45, 2.75) is 82.6 Å². The second-order valence-corrected chi connectivity index (χ2v) is 9.39. The number of rotatable bonds is 2. The molecular formula is C23H29NO6. The van der Waals surface area contributed by atoms with Crippen molar-refractivity contribution < 1.29 is 28.6 Å². The standard InChI is InChI=1S/C23H29NO6/c1-12-11-17(29-20(12)26)16-8-9-22-15(7-5-6-10-24(16)22)13(2)18(25)23(22)19(28-4)14(3)21(27)30-23/h12,16-17H,5-11H2,1-4H3/t12-,16+,17-,22?,23-/m1/s1. The topological polar surface area (TPSA) is 82.1 Å². The first-order chi connectivity index (χ1) is 14.3. The van der Waals surface area contributed by atoms with Gasteiger partial charge in [-0.2, -0.15) is 0 Å². The highest BCUT2D eigenvalue weighted by atomic mass is 16.6. The molecule has 30 heavy (non-hydrogen) atoms. The summed E-state index contributed by atoms with van der Waals surface area (Å²) in [5.74, 6) is -0.576. The lowest BCUT2D eigenvalue weighted by Gasteiger charge is -2.48. The molecule has 4 aliphatic heterocycles. The number of carbonyl (C=O) groups excluding carboxylic acids is 3. The van der Waals surface area contributed by atoms with Crippen LogP contribution in [0.2, 0.25) is 0 Å². The monoisotopic (exact) mass is 415 g/mol. The van der Waals surface area contributed by atoms with Crippen LogP contribution < -0.4 is 0 Å². The zero-order chi connectivity index (χ0) is 21.4. The van der Waals surface area contributed by atoms with E-state index in [1.807, 2.05) is 13.8 Å². The summed E-state index contributed by atoms with van der Waals surface area (Å²) >= 11 is 0. The second-order valence-electron chi connectivity index (χ2n) is 9.39. The smallest absolute Gasteiger partial charge is 0.338 e. The lowest BCUT2D eigenvalue weighted by Crippen LogP contribution is -2.66. The van der Waals surface area contributed by atoms with Crippen LogP contribution >= 0.6 is 0 Å². The Kier molecular flexibility index (Phi) is 4.24. The van der Waals surface area contributed by atoms with Gasteiger partial charge in [0.1, 0.15) is 6.10 Å². The van der Waals surface area contributed by atoms with Gasteiger partial charge < -0.3 is 14.2 Å². The van der Waals surface area contributed by atoms with Crippen LogP contribution in [0.15, 0.2) is 22.5 Å². The van der Waals surface area contributed by atoms with Crippen molar-refractivity contribution >= 4 is 17.7 Å². The largest absolute Gasteiger partial charge is 0.496 e. The molecule has 5 rings (SSSR count). The third kappa shape index (κ3) is 2.12. The van der Waals surface area contributed by atoms with Crippen molar-refractivity contribution in [2.24, 2.45) is 5.92 Å². The Hall–Kier alpha value is -2.15. The maximum atomic E-state index is 13.8. The van der Waals surface area contributed by atoms with E-state index in [0.717, 1.165) is 37.8 Å². The summed E-state index contributed by atoms with van der Waals surface area (Å²) in [6.07, 6.45) is 4.69. The Balaban J connectivity index is 1.69. The number of carbonyl (C=O) groups is 3. The number of hydrogen-bond acceptors (Lipinski definition) is 7. The first-order valence-corrected chi connectivity index (χ1v) is 11.0. The lowest BCUT2D eigenvalue weighted by molar-refractivity contribution is -0.168. The highest BCUT2D eigenvalue weighted by Crippen LogP contribution is 2.62. The molecule has 3 saturated heterocycles. The van der Waals surface area contributed by atoms with Gasteiger partial charge in [0, 0.05) is 6.04 Å². The third-order valence-corrected chi connectivity index (χ3v) is 8.06. The van der Waals surface area contributed by atoms with Crippen molar-refractivity contribution in [1.82, 2.24) is 4.90 Å². The molecular weight excluding hydrogens is 386 g/mol. The lowest BCUT2D eigenvalue weighted by atomic mass is 9.73. The molecule has 0 radical (unpaired) electrons. The average molecular weight is 415 g/mol. The predicted octanol–water partition coefficient (Wildman–Crippen LogP) is 2.44. The van der Waals surface area contributed by atoms with E-state index in [2.05, 4.69) is 4.90 Å². The summed E-state index contributed by atoms with van der Waals surface area (Å²) in [7, 11) is 1.51. The molecule has 5 aliphatic rings. The van der Waals surface area contributed by atoms with Gasteiger partial charge in [0.05, 0.1) is 24.1 Å². The summed E-state index contributed by atoms with van der Waals surface area (Å²) in [6, 6.07) is 0.000268. The molecule has 1 unspecified atom stereocenters. The molecule has 3 fully saturated rings. The van der Waals surface area contributed by atoms with Crippen molar-refractivity contribution in [1.29, 1.82) is 0 Å². The Morgan fingerprint density at radius 2 is 1.90 bits per heavy atom. The van der Waals surface area contributed by atoms with Gasteiger partial charge in [-0.3, -0.25) is 14.5 Å². The van der Waals surface area contributed by atoms with E-state index in [0.29, 0.717) is 29.7 Å².